The average molecular weight is 336 g/mol. The first-order valence-corrected chi connectivity index (χ1v) is 9.09. The van der Waals surface area contributed by atoms with Gasteiger partial charge in [0.15, 0.2) is 0 Å². The molecule has 2 N–H and O–H groups in total. The standard InChI is InChI=1S/C17H24N2O3S/c1-11-10-17(14(4)22-11)13(3)19-12(2)15-6-8-16(9-7-15)23(20,21)18-5/h6-10,12-13,18-19H,1-5H3/t12-,13+/m0/s1. The molecule has 1 aromatic carbocycles. The van der Waals surface area contributed by atoms with Crippen LogP contribution in [-0.2, 0) is 10.0 Å². The second kappa shape index (κ2) is 6.86. The molecule has 23 heavy (non-hydrogen) atoms. The molecule has 5 nitrogen and oxygen atoms in total. The van der Waals surface area contributed by atoms with Crippen LogP contribution in [0.3, 0.4) is 0 Å². The second-order valence-electron chi connectivity index (χ2n) is 5.76. The molecular formula is C17H24N2O3S. The third-order valence-corrected chi connectivity index (χ3v) is 5.44. The van der Waals surface area contributed by atoms with Crippen molar-refractivity contribution in [1.82, 2.24) is 10.0 Å². The molecule has 0 aliphatic heterocycles. The summed E-state index contributed by atoms with van der Waals surface area (Å²) in [6.45, 7) is 8.05. The zero-order valence-electron chi connectivity index (χ0n) is 14.2. The molecule has 0 unspecified atom stereocenters. The first-order valence-electron chi connectivity index (χ1n) is 7.61. The molecule has 0 saturated heterocycles. The van der Waals surface area contributed by atoms with Crippen molar-refractivity contribution in [2.75, 3.05) is 7.05 Å². The fraction of sp³-hybridized carbons (Fsp3) is 0.412. The molecule has 0 amide bonds. The minimum atomic E-state index is -3.39. The lowest BCUT2D eigenvalue weighted by Gasteiger charge is -2.20. The predicted molar refractivity (Wildman–Crippen MR) is 90.8 cm³/mol. The number of sulfonamides is 1. The molecule has 0 spiro atoms. The van der Waals surface area contributed by atoms with Crippen molar-refractivity contribution in [3.05, 3.63) is 53.0 Å². The van der Waals surface area contributed by atoms with Crippen LogP contribution in [0.4, 0.5) is 0 Å². The third-order valence-electron chi connectivity index (χ3n) is 4.01. The van der Waals surface area contributed by atoms with Crippen molar-refractivity contribution in [2.45, 2.75) is 44.7 Å². The van der Waals surface area contributed by atoms with Gasteiger partial charge in [0.05, 0.1) is 4.90 Å². The van der Waals surface area contributed by atoms with Gasteiger partial charge >= 0.3 is 0 Å². The number of benzene rings is 1. The monoisotopic (exact) mass is 336 g/mol. The van der Waals surface area contributed by atoms with Gasteiger partial charge in [0.25, 0.3) is 0 Å². The van der Waals surface area contributed by atoms with Crippen molar-refractivity contribution >= 4 is 10.0 Å². The van der Waals surface area contributed by atoms with Crippen LogP contribution in [0.15, 0.2) is 39.6 Å². The molecular weight excluding hydrogens is 312 g/mol. The Kier molecular flexibility index (Phi) is 5.29. The number of nitrogens with one attached hydrogen (secondary N) is 2. The van der Waals surface area contributed by atoms with Gasteiger partial charge in [-0.05, 0) is 58.5 Å². The normalized spacial score (nSPS) is 14.7. The van der Waals surface area contributed by atoms with E-state index in [2.05, 4.69) is 23.9 Å². The average Bonchev–Trinajstić information content (AvgIpc) is 2.86. The van der Waals surface area contributed by atoms with Crippen LogP contribution in [-0.4, -0.2) is 15.5 Å². The molecule has 2 aromatic rings. The number of hydrogen-bond acceptors (Lipinski definition) is 4. The lowest BCUT2D eigenvalue weighted by atomic mass is 10.0. The molecule has 0 saturated carbocycles. The van der Waals surface area contributed by atoms with Crippen LogP contribution in [0.5, 0.6) is 0 Å². The molecule has 6 heteroatoms. The van der Waals surface area contributed by atoms with E-state index in [1.165, 1.54) is 7.05 Å². The highest BCUT2D eigenvalue weighted by Gasteiger charge is 2.17. The summed E-state index contributed by atoms with van der Waals surface area (Å²) in [6, 6.07) is 9.19. The molecule has 126 valence electrons. The number of furan rings is 1. The Morgan fingerprint density at radius 1 is 1.04 bits per heavy atom. The predicted octanol–water partition coefficient (Wildman–Crippen LogP) is 3.22. The maximum Gasteiger partial charge on any atom is 0.240 e. The van der Waals surface area contributed by atoms with Gasteiger partial charge in [-0.1, -0.05) is 12.1 Å². The molecule has 0 aliphatic carbocycles. The van der Waals surface area contributed by atoms with Crippen molar-refractivity contribution < 1.29 is 12.8 Å². The van der Waals surface area contributed by atoms with Gasteiger partial charge < -0.3 is 9.73 Å². The Morgan fingerprint density at radius 3 is 2.13 bits per heavy atom. The Balaban J connectivity index is 2.12. The van der Waals surface area contributed by atoms with E-state index in [1.54, 1.807) is 12.1 Å². The van der Waals surface area contributed by atoms with Crippen LogP contribution < -0.4 is 10.0 Å². The largest absolute Gasteiger partial charge is 0.466 e. The fourth-order valence-corrected chi connectivity index (χ4v) is 3.42. The van der Waals surface area contributed by atoms with Gasteiger partial charge in [0.2, 0.25) is 10.0 Å². The van der Waals surface area contributed by atoms with Gasteiger partial charge in [0, 0.05) is 17.6 Å². The summed E-state index contributed by atoms with van der Waals surface area (Å²) in [7, 11) is -1.99. The summed E-state index contributed by atoms with van der Waals surface area (Å²) in [6.07, 6.45) is 0. The Labute approximate surface area is 138 Å². The summed E-state index contributed by atoms with van der Waals surface area (Å²) in [5, 5.41) is 3.51. The molecule has 2 atom stereocenters. The topological polar surface area (TPSA) is 71.3 Å². The fourth-order valence-electron chi connectivity index (χ4n) is 2.69. The lowest BCUT2D eigenvalue weighted by Crippen LogP contribution is -2.23. The lowest BCUT2D eigenvalue weighted by molar-refractivity contribution is 0.469. The highest BCUT2D eigenvalue weighted by atomic mass is 32.2. The molecule has 2 rings (SSSR count). The van der Waals surface area contributed by atoms with Crippen molar-refractivity contribution in [1.29, 1.82) is 0 Å². The quantitative estimate of drug-likeness (QED) is 0.850. The summed E-state index contributed by atoms with van der Waals surface area (Å²) < 4.78 is 31.4. The van der Waals surface area contributed by atoms with Crippen LogP contribution in [0.1, 0.15) is 48.6 Å². The summed E-state index contributed by atoms with van der Waals surface area (Å²) in [5.74, 6) is 1.82. The van der Waals surface area contributed by atoms with E-state index in [4.69, 9.17) is 4.42 Å². The Morgan fingerprint density at radius 2 is 1.65 bits per heavy atom. The number of rotatable bonds is 6. The highest BCUT2D eigenvalue weighted by Crippen LogP contribution is 2.25. The highest BCUT2D eigenvalue weighted by molar-refractivity contribution is 7.89. The summed E-state index contributed by atoms with van der Waals surface area (Å²) >= 11 is 0. The molecule has 0 radical (unpaired) electrons. The van der Waals surface area contributed by atoms with E-state index in [1.807, 2.05) is 32.0 Å². The van der Waals surface area contributed by atoms with Crippen molar-refractivity contribution in [2.24, 2.45) is 0 Å². The zero-order valence-corrected chi connectivity index (χ0v) is 15.0. The van der Waals surface area contributed by atoms with Gasteiger partial charge in [-0.25, -0.2) is 13.1 Å². The molecule has 0 bridgehead atoms. The van der Waals surface area contributed by atoms with E-state index in [0.717, 1.165) is 22.6 Å². The Hall–Kier alpha value is -1.63. The summed E-state index contributed by atoms with van der Waals surface area (Å²) in [5.41, 5.74) is 2.17. The van der Waals surface area contributed by atoms with Crippen molar-refractivity contribution in [3.8, 4) is 0 Å². The smallest absolute Gasteiger partial charge is 0.240 e. The zero-order chi connectivity index (χ0) is 17.2. The summed E-state index contributed by atoms with van der Waals surface area (Å²) in [4.78, 5) is 0.269. The number of hydrogen-bond donors (Lipinski definition) is 2. The van der Waals surface area contributed by atoms with Crippen LogP contribution in [0.25, 0.3) is 0 Å². The first-order chi connectivity index (χ1) is 10.7. The minimum Gasteiger partial charge on any atom is -0.466 e. The molecule has 1 heterocycles. The van der Waals surface area contributed by atoms with Gasteiger partial charge in [0.1, 0.15) is 11.5 Å². The van der Waals surface area contributed by atoms with Gasteiger partial charge in [-0.2, -0.15) is 0 Å². The van der Waals surface area contributed by atoms with Gasteiger partial charge in [-0.3, -0.25) is 0 Å². The van der Waals surface area contributed by atoms with E-state index < -0.39 is 10.0 Å². The van der Waals surface area contributed by atoms with E-state index >= 15 is 0 Å². The number of aryl methyl sites for hydroxylation is 2. The van der Waals surface area contributed by atoms with E-state index in [9.17, 15) is 8.42 Å². The minimum absolute atomic E-state index is 0.0888. The van der Waals surface area contributed by atoms with Crippen LogP contribution >= 0.6 is 0 Å². The van der Waals surface area contributed by atoms with Crippen LogP contribution in [0, 0.1) is 13.8 Å². The molecule has 0 aliphatic rings. The van der Waals surface area contributed by atoms with E-state index in [-0.39, 0.29) is 17.0 Å². The third kappa shape index (κ3) is 4.02. The van der Waals surface area contributed by atoms with Crippen LogP contribution in [0.2, 0.25) is 0 Å². The maximum atomic E-state index is 11.7. The van der Waals surface area contributed by atoms with Crippen molar-refractivity contribution in [3.63, 3.8) is 0 Å². The van der Waals surface area contributed by atoms with Gasteiger partial charge in [-0.15, -0.1) is 0 Å². The molecule has 1 aromatic heterocycles. The molecule has 0 fully saturated rings. The second-order valence-corrected chi connectivity index (χ2v) is 7.64. The SMILES string of the molecule is CNS(=O)(=O)c1ccc([C@H](C)N[C@H](C)c2cc(C)oc2C)cc1. The maximum absolute atomic E-state index is 11.7. The van der Waals surface area contributed by atoms with E-state index in [0.29, 0.717) is 0 Å². The first kappa shape index (κ1) is 17.7. The Bertz CT molecular complexity index is 764.